The predicted molar refractivity (Wildman–Crippen MR) is 97.9 cm³/mol. The third-order valence-corrected chi connectivity index (χ3v) is 5.88. The van der Waals surface area contributed by atoms with Crippen LogP contribution in [0.5, 0.6) is 0 Å². The van der Waals surface area contributed by atoms with Gasteiger partial charge in [-0.25, -0.2) is 0 Å². The summed E-state index contributed by atoms with van der Waals surface area (Å²) in [5.41, 5.74) is 1.48. The number of piperazine rings is 1. The Balaban J connectivity index is 1.42. The van der Waals surface area contributed by atoms with E-state index in [1.54, 1.807) is 0 Å². The summed E-state index contributed by atoms with van der Waals surface area (Å²) in [6.45, 7) is 13.5. The molecule has 3 heteroatoms. The SMILES string of the molecule is CCN1CCN([C@@H]2CCN([C@H](C)CCc3ccccc3)C2)CC1. The predicted octanol–water partition coefficient (Wildman–Crippen LogP) is 2.72. The van der Waals surface area contributed by atoms with Crippen molar-refractivity contribution in [1.29, 1.82) is 0 Å². The van der Waals surface area contributed by atoms with E-state index in [-0.39, 0.29) is 0 Å². The molecule has 0 saturated carbocycles. The van der Waals surface area contributed by atoms with Crippen LogP contribution in [0.4, 0.5) is 0 Å². The van der Waals surface area contributed by atoms with Crippen molar-refractivity contribution in [3.8, 4) is 0 Å². The number of nitrogens with zero attached hydrogens (tertiary/aromatic N) is 3. The summed E-state index contributed by atoms with van der Waals surface area (Å²) >= 11 is 0. The van der Waals surface area contributed by atoms with Crippen LogP contribution in [-0.2, 0) is 6.42 Å². The van der Waals surface area contributed by atoms with Gasteiger partial charge in [0.05, 0.1) is 0 Å². The number of hydrogen-bond donors (Lipinski definition) is 0. The molecule has 2 aliphatic heterocycles. The van der Waals surface area contributed by atoms with Gasteiger partial charge in [-0.05, 0) is 38.3 Å². The lowest BCUT2D eigenvalue weighted by molar-refractivity contribution is 0.0980. The number of hydrogen-bond acceptors (Lipinski definition) is 3. The Morgan fingerprint density at radius 3 is 2.48 bits per heavy atom. The van der Waals surface area contributed by atoms with Gasteiger partial charge in [-0.1, -0.05) is 37.3 Å². The molecule has 2 atom stereocenters. The van der Waals surface area contributed by atoms with Gasteiger partial charge in [-0.2, -0.15) is 0 Å². The second kappa shape index (κ2) is 8.27. The van der Waals surface area contributed by atoms with Gasteiger partial charge in [0.1, 0.15) is 0 Å². The third kappa shape index (κ3) is 4.56. The van der Waals surface area contributed by atoms with E-state index < -0.39 is 0 Å². The van der Waals surface area contributed by atoms with Crippen LogP contribution in [0.1, 0.15) is 32.3 Å². The summed E-state index contributed by atoms with van der Waals surface area (Å²) in [4.78, 5) is 8.04. The fourth-order valence-electron chi connectivity index (χ4n) is 4.11. The molecule has 2 heterocycles. The number of benzene rings is 1. The quantitative estimate of drug-likeness (QED) is 0.799. The minimum atomic E-state index is 0.706. The first kappa shape index (κ1) is 16.9. The lowest BCUT2D eigenvalue weighted by Gasteiger charge is -2.37. The molecule has 0 aromatic heterocycles. The summed E-state index contributed by atoms with van der Waals surface area (Å²) in [5, 5.41) is 0. The zero-order chi connectivity index (χ0) is 16.1. The zero-order valence-corrected chi connectivity index (χ0v) is 15.0. The molecule has 0 unspecified atom stereocenters. The Hall–Kier alpha value is -0.900. The number of rotatable bonds is 6. The third-order valence-electron chi connectivity index (χ3n) is 5.88. The molecule has 3 nitrogen and oxygen atoms in total. The summed E-state index contributed by atoms with van der Waals surface area (Å²) < 4.78 is 0. The highest BCUT2D eigenvalue weighted by Crippen LogP contribution is 2.21. The molecule has 1 aromatic rings. The summed E-state index contributed by atoms with van der Waals surface area (Å²) in [6, 6.07) is 12.4. The van der Waals surface area contributed by atoms with Crippen molar-refractivity contribution < 1.29 is 0 Å². The maximum Gasteiger partial charge on any atom is 0.0236 e. The van der Waals surface area contributed by atoms with Gasteiger partial charge in [0, 0.05) is 51.4 Å². The molecule has 2 aliphatic rings. The largest absolute Gasteiger partial charge is 0.301 e. The van der Waals surface area contributed by atoms with Crippen LogP contribution in [-0.4, -0.2) is 72.6 Å². The Labute approximate surface area is 142 Å². The first-order valence-electron chi connectivity index (χ1n) is 9.50. The fourth-order valence-corrected chi connectivity index (χ4v) is 4.11. The zero-order valence-electron chi connectivity index (χ0n) is 15.0. The first-order chi connectivity index (χ1) is 11.3. The van der Waals surface area contributed by atoms with Gasteiger partial charge in [0.2, 0.25) is 0 Å². The molecule has 1 aromatic carbocycles. The van der Waals surface area contributed by atoms with Crippen LogP contribution >= 0.6 is 0 Å². The second-order valence-corrected chi connectivity index (χ2v) is 7.28. The van der Waals surface area contributed by atoms with Crippen molar-refractivity contribution in [2.24, 2.45) is 0 Å². The highest BCUT2D eigenvalue weighted by atomic mass is 15.3. The summed E-state index contributed by atoms with van der Waals surface area (Å²) in [6.07, 6.45) is 3.85. The smallest absolute Gasteiger partial charge is 0.0236 e. The molecule has 128 valence electrons. The van der Waals surface area contributed by atoms with E-state index in [0.29, 0.717) is 6.04 Å². The van der Waals surface area contributed by atoms with Crippen LogP contribution < -0.4 is 0 Å². The molecule has 0 aliphatic carbocycles. The maximum atomic E-state index is 2.75. The van der Waals surface area contributed by atoms with Crippen LogP contribution in [0.15, 0.2) is 30.3 Å². The van der Waals surface area contributed by atoms with Crippen molar-refractivity contribution in [2.45, 2.75) is 45.2 Å². The normalized spacial score (nSPS) is 25.7. The average molecular weight is 316 g/mol. The summed E-state index contributed by atoms with van der Waals surface area (Å²) in [7, 11) is 0. The minimum Gasteiger partial charge on any atom is -0.301 e. The molecular weight excluding hydrogens is 282 g/mol. The molecule has 2 fully saturated rings. The van der Waals surface area contributed by atoms with Gasteiger partial charge in [-0.3, -0.25) is 9.80 Å². The van der Waals surface area contributed by atoms with Gasteiger partial charge < -0.3 is 4.90 Å². The van der Waals surface area contributed by atoms with Gasteiger partial charge >= 0.3 is 0 Å². The lowest BCUT2D eigenvalue weighted by Crippen LogP contribution is -2.51. The van der Waals surface area contributed by atoms with E-state index in [1.165, 1.54) is 70.6 Å². The Morgan fingerprint density at radius 1 is 1.04 bits per heavy atom. The van der Waals surface area contributed by atoms with Gasteiger partial charge in [0.25, 0.3) is 0 Å². The highest BCUT2D eigenvalue weighted by molar-refractivity contribution is 5.14. The van der Waals surface area contributed by atoms with Gasteiger partial charge in [0.15, 0.2) is 0 Å². The standard InChI is InChI=1S/C20H33N3/c1-3-21-13-15-22(16-14-21)20-11-12-23(17-20)18(2)9-10-19-7-5-4-6-8-19/h4-8,18,20H,3,9-17H2,1-2H3/t18-,20-/m1/s1. The molecule has 23 heavy (non-hydrogen) atoms. The molecule has 0 radical (unpaired) electrons. The van der Waals surface area contributed by atoms with Crippen molar-refractivity contribution in [3.63, 3.8) is 0 Å². The van der Waals surface area contributed by atoms with E-state index >= 15 is 0 Å². The van der Waals surface area contributed by atoms with Crippen LogP contribution in [0.2, 0.25) is 0 Å². The Kier molecular flexibility index (Phi) is 6.09. The first-order valence-corrected chi connectivity index (χ1v) is 9.50. The average Bonchev–Trinajstić information content (AvgIpc) is 3.11. The number of aryl methyl sites for hydroxylation is 1. The topological polar surface area (TPSA) is 9.72 Å². The second-order valence-electron chi connectivity index (χ2n) is 7.28. The molecule has 0 spiro atoms. The van der Waals surface area contributed by atoms with Crippen molar-refractivity contribution in [3.05, 3.63) is 35.9 Å². The van der Waals surface area contributed by atoms with E-state index in [2.05, 4.69) is 58.9 Å². The van der Waals surface area contributed by atoms with E-state index in [1.807, 2.05) is 0 Å². The molecule has 0 amide bonds. The van der Waals surface area contributed by atoms with Crippen LogP contribution in [0.3, 0.4) is 0 Å². The summed E-state index contributed by atoms with van der Waals surface area (Å²) in [5.74, 6) is 0. The van der Waals surface area contributed by atoms with E-state index in [0.717, 1.165) is 6.04 Å². The Morgan fingerprint density at radius 2 is 1.78 bits per heavy atom. The van der Waals surface area contributed by atoms with E-state index in [9.17, 15) is 0 Å². The fraction of sp³-hybridized carbons (Fsp3) is 0.700. The lowest BCUT2D eigenvalue weighted by atomic mass is 10.1. The van der Waals surface area contributed by atoms with Crippen LogP contribution in [0.25, 0.3) is 0 Å². The molecule has 0 N–H and O–H groups in total. The number of likely N-dealkylation sites (tertiary alicyclic amines) is 1. The molecule has 0 bridgehead atoms. The number of likely N-dealkylation sites (N-methyl/N-ethyl adjacent to an activating group) is 1. The Bertz CT molecular complexity index is 453. The van der Waals surface area contributed by atoms with E-state index in [4.69, 9.17) is 0 Å². The highest BCUT2D eigenvalue weighted by Gasteiger charge is 2.31. The minimum absolute atomic E-state index is 0.706. The molecular formula is C20H33N3. The molecule has 2 saturated heterocycles. The van der Waals surface area contributed by atoms with Crippen molar-refractivity contribution in [1.82, 2.24) is 14.7 Å². The van der Waals surface area contributed by atoms with Crippen LogP contribution in [0, 0.1) is 0 Å². The van der Waals surface area contributed by atoms with Gasteiger partial charge in [-0.15, -0.1) is 0 Å². The maximum absolute atomic E-state index is 2.75. The molecule has 3 rings (SSSR count). The van der Waals surface area contributed by atoms with Crippen molar-refractivity contribution in [2.75, 3.05) is 45.8 Å². The van der Waals surface area contributed by atoms with Crippen molar-refractivity contribution >= 4 is 0 Å². The monoisotopic (exact) mass is 315 g/mol.